The number of amides is 2. The molecular formula is C15H21ClN4O3. The van der Waals surface area contributed by atoms with E-state index >= 15 is 0 Å². The van der Waals surface area contributed by atoms with Crippen LogP contribution in [0, 0.1) is 5.92 Å². The van der Waals surface area contributed by atoms with Gasteiger partial charge in [-0.05, 0) is 12.0 Å². The number of rotatable bonds is 5. The number of anilines is 1. The van der Waals surface area contributed by atoms with Crippen LogP contribution >= 0.6 is 11.6 Å². The second kappa shape index (κ2) is 7.61. The van der Waals surface area contributed by atoms with Gasteiger partial charge in [-0.15, -0.1) is 0 Å². The Bertz CT molecular complexity index is 588. The fourth-order valence-corrected chi connectivity index (χ4v) is 2.54. The summed E-state index contributed by atoms with van der Waals surface area (Å²) in [5, 5.41) is 3.33. The predicted molar refractivity (Wildman–Crippen MR) is 87.4 cm³/mol. The predicted octanol–water partition coefficient (Wildman–Crippen LogP) is 1.13. The van der Waals surface area contributed by atoms with E-state index in [-0.39, 0.29) is 22.4 Å². The van der Waals surface area contributed by atoms with Gasteiger partial charge in [0.15, 0.2) is 0 Å². The Labute approximate surface area is 140 Å². The number of carbonyl (C=O) groups is 2. The van der Waals surface area contributed by atoms with Crippen LogP contribution in [0.15, 0.2) is 12.3 Å². The van der Waals surface area contributed by atoms with Crippen molar-refractivity contribution < 1.29 is 14.3 Å². The fraction of sp³-hybridized carbons (Fsp3) is 0.533. The molecule has 0 spiro atoms. The van der Waals surface area contributed by atoms with Gasteiger partial charge in [-0.25, -0.2) is 4.98 Å². The van der Waals surface area contributed by atoms with E-state index in [1.54, 1.807) is 4.90 Å². The average molecular weight is 341 g/mol. The Morgan fingerprint density at radius 2 is 2.04 bits per heavy atom. The molecule has 1 saturated heterocycles. The zero-order valence-corrected chi connectivity index (χ0v) is 14.0. The summed E-state index contributed by atoms with van der Waals surface area (Å²) in [7, 11) is 0. The first-order valence-corrected chi connectivity index (χ1v) is 7.86. The molecule has 0 bridgehead atoms. The molecule has 1 atom stereocenters. The van der Waals surface area contributed by atoms with Crippen LogP contribution in [0.25, 0.3) is 0 Å². The summed E-state index contributed by atoms with van der Waals surface area (Å²) in [6, 6.07) is 0.980. The van der Waals surface area contributed by atoms with Crippen molar-refractivity contribution in [2.45, 2.75) is 19.9 Å². The van der Waals surface area contributed by atoms with Crippen LogP contribution in [0.2, 0.25) is 5.02 Å². The number of nitrogens with two attached hydrogens (primary N) is 1. The van der Waals surface area contributed by atoms with Crippen molar-refractivity contribution in [3.05, 3.63) is 22.8 Å². The van der Waals surface area contributed by atoms with E-state index < -0.39 is 11.9 Å². The van der Waals surface area contributed by atoms with Crippen LogP contribution in [0.3, 0.4) is 0 Å². The molecule has 1 aromatic heterocycles. The lowest BCUT2D eigenvalue weighted by molar-refractivity contribution is -0.137. The van der Waals surface area contributed by atoms with E-state index in [0.717, 1.165) is 0 Å². The Kier molecular flexibility index (Phi) is 5.79. The van der Waals surface area contributed by atoms with Gasteiger partial charge >= 0.3 is 0 Å². The quantitative estimate of drug-likeness (QED) is 0.837. The van der Waals surface area contributed by atoms with E-state index in [1.807, 2.05) is 13.8 Å². The van der Waals surface area contributed by atoms with Gasteiger partial charge in [0.05, 0.1) is 23.8 Å². The normalized spacial score (nSPS) is 16.3. The molecule has 0 aliphatic carbocycles. The van der Waals surface area contributed by atoms with Crippen molar-refractivity contribution in [1.29, 1.82) is 0 Å². The maximum Gasteiger partial charge on any atom is 0.250 e. The standard InChI is InChI=1S/C15H21ClN4O3/c1-9(2)12(15(22)20-3-5-23-6-4-20)19-14-11(16)7-10(8-18-14)13(17)21/h7-9,12H,3-6H2,1-2H3,(H2,17,21)(H,18,19). The van der Waals surface area contributed by atoms with Crippen molar-refractivity contribution in [2.75, 3.05) is 31.6 Å². The first-order valence-electron chi connectivity index (χ1n) is 7.48. The van der Waals surface area contributed by atoms with Crippen molar-refractivity contribution >= 4 is 29.2 Å². The lowest BCUT2D eigenvalue weighted by Gasteiger charge is -2.32. The second-order valence-electron chi connectivity index (χ2n) is 5.72. The van der Waals surface area contributed by atoms with Gasteiger partial charge in [0.25, 0.3) is 0 Å². The van der Waals surface area contributed by atoms with Crippen molar-refractivity contribution in [3.8, 4) is 0 Å². The molecule has 2 amide bonds. The van der Waals surface area contributed by atoms with E-state index in [0.29, 0.717) is 32.1 Å². The molecule has 0 aromatic carbocycles. The third kappa shape index (κ3) is 4.33. The van der Waals surface area contributed by atoms with Gasteiger partial charge in [-0.1, -0.05) is 25.4 Å². The number of nitrogens with zero attached hydrogens (tertiary/aromatic N) is 2. The molecule has 0 radical (unpaired) electrons. The molecule has 1 fully saturated rings. The number of hydrogen-bond acceptors (Lipinski definition) is 5. The fourth-order valence-electron chi connectivity index (χ4n) is 2.32. The highest BCUT2D eigenvalue weighted by atomic mass is 35.5. The SMILES string of the molecule is CC(C)C(Nc1ncc(C(N)=O)cc1Cl)C(=O)N1CCOCC1. The Morgan fingerprint density at radius 3 is 2.57 bits per heavy atom. The Hall–Kier alpha value is -1.86. The Morgan fingerprint density at radius 1 is 1.39 bits per heavy atom. The van der Waals surface area contributed by atoms with Crippen LogP contribution in [0.1, 0.15) is 24.2 Å². The summed E-state index contributed by atoms with van der Waals surface area (Å²) >= 11 is 6.14. The van der Waals surface area contributed by atoms with Crippen molar-refractivity contribution in [2.24, 2.45) is 11.7 Å². The molecule has 2 heterocycles. The maximum atomic E-state index is 12.7. The maximum absolute atomic E-state index is 12.7. The highest BCUT2D eigenvalue weighted by Gasteiger charge is 2.29. The van der Waals surface area contributed by atoms with Gasteiger partial charge in [-0.3, -0.25) is 9.59 Å². The average Bonchev–Trinajstić information content (AvgIpc) is 2.53. The van der Waals surface area contributed by atoms with Crippen molar-refractivity contribution in [3.63, 3.8) is 0 Å². The highest BCUT2D eigenvalue weighted by Crippen LogP contribution is 2.23. The smallest absolute Gasteiger partial charge is 0.250 e. The zero-order valence-electron chi connectivity index (χ0n) is 13.2. The minimum atomic E-state index is -0.601. The van der Waals surface area contributed by atoms with Crippen molar-refractivity contribution in [1.82, 2.24) is 9.88 Å². The molecule has 2 rings (SSSR count). The molecule has 0 saturated carbocycles. The Balaban J connectivity index is 2.16. The molecule has 8 heteroatoms. The summed E-state index contributed by atoms with van der Waals surface area (Å²) in [6.07, 6.45) is 1.34. The molecule has 23 heavy (non-hydrogen) atoms. The van der Waals surface area contributed by atoms with E-state index in [2.05, 4.69) is 10.3 Å². The molecule has 3 N–H and O–H groups in total. The summed E-state index contributed by atoms with van der Waals surface area (Å²) in [5.74, 6) is -0.216. The van der Waals surface area contributed by atoms with Gasteiger partial charge in [0.1, 0.15) is 11.9 Å². The van der Waals surface area contributed by atoms with Gasteiger partial charge in [0.2, 0.25) is 11.8 Å². The highest BCUT2D eigenvalue weighted by molar-refractivity contribution is 6.33. The number of aromatic nitrogens is 1. The third-order valence-electron chi connectivity index (χ3n) is 3.67. The molecule has 7 nitrogen and oxygen atoms in total. The minimum absolute atomic E-state index is 0.0138. The number of hydrogen-bond donors (Lipinski definition) is 2. The molecule has 1 aromatic rings. The first-order chi connectivity index (χ1) is 10.9. The number of nitrogens with one attached hydrogen (secondary N) is 1. The lowest BCUT2D eigenvalue weighted by atomic mass is 10.0. The zero-order chi connectivity index (χ0) is 17.0. The molecule has 1 aliphatic heterocycles. The first kappa shape index (κ1) is 17.5. The summed E-state index contributed by atoms with van der Waals surface area (Å²) in [4.78, 5) is 29.7. The number of primary amides is 1. The third-order valence-corrected chi connectivity index (χ3v) is 3.96. The van der Waals surface area contributed by atoms with E-state index in [4.69, 9.17) is 22.1 Å². The number of halogens is 1. The van der Waals surface area contributed by atoms with E-state index in [1.165, 1.54) is 12.3 Å². The van der Waals surface area contributed by atoms with Crippen LogP contribution < -0.4 is 11.1 Å². The molecular weight excluding hydrogens is 320 g/mol. The molecule has 1 aliphatic rings. The summed E-state index contributed by atoms with van der Waals surface area (Å²) < 4.78 is 5.27. The van der Waals surface area contributed by atoms with Crippen LogP contribution in [0.4, 0.5) is 5.82 Å². The van der Waals surface area contributed by atoms with Gasteiger partial charge < -0.3 is 20.7 Å². The largest absolute Gasteiger partial charge is 0.378 e. The second-order valence-corrected chi connectivity index (χ2v) is 6.13. The lowest BCUT2D eigenvalue weighted by Crippen LogP contribution is -2.50. The molecule has 1 unspecified atom stereocenters. The topological polar surface area (TPSA) is 97.5 Å². The van der Waals surface area contributed by atoms with Crippen LogP contribution in [-0.4, -0.2) is 54.0 Å². The molecule has 126 valence electrons. The number of pyridine rings is 1. The summed E-state index contributed by atoms with van der Waals surface area (Å²) in [5.41, 5.74) is 5.42. The number of carbonyl (C=O) groups excluding carboxylic acids is 2. The number of morpholine rings is 1. The van der Waals surface area contributed by atoms with Gasteiger partial charge in [0, 0.05) is 19.3 Å². The number of ether oxygens (including phenoxy) is 1. The van der Waals surface area contributed by atoms with Crippen LogP contribution in [0.5, 0.6) is 0 Å². The minimum Gasteiger partial charge on any atom is -0.378 e. The summed E-state index contributed by atoms with van der Waals surface area (Å²) in [6.45, 7) is 6.13. The van der Waals surface area contributed by atoms with Crippen LogP contribution in [-0.2, 0) is 9.53 Å². The van der Waals surface area contributed by atoms with E-state index in [9.17, 15) is 9.59 Å². The van der Waals surface area contributed by atoms with Gasteiger partial charge in [-0.2, -0.15) is 0 Å². The monoisotopic (exact) mass is 340 g/mol.